The zero-order valence-electron chi connectivity index (χ0n) is 16.6. The number of carbonyl (C=O) groups excluding carboxylic acids is 1. The summed E-state index contributed by atoms with van der Waals surface area (Å²) in [4.78, 5) is 21.4. The summed E-state index contributed by atoms with van der Waals surface area (Å²) in [6.45, 7) is 8.55. The first-order valence-electron chi connectivity index (χ1n) is 10.1. The quantitative estimate of drug-likeness (QED) is 0.812. The Kier molecular flexibility index (Phi) is 5.19. The largest absolute Gasteiger partial charge is 0.374 e. The van der Waals surface area contributed by atoms with Crippen LogP contribution in [0.4, 0.5) is 0 Å². The molecule has 1 aromatic carbocycles. The number of likely N-dealkylation sites (tertiary alicyclic amines) is 1. The molecule has 0 radical (unpaired) electrons. The van der Waals surface area contributed by atoms with Crippen LogP contribution in [-0.2, 0) is 22.6 Å². The third kappa shape index (κ3) is 3.73. The maximum Gasteiger partial charge on any atom is 0.225 e. The minimum Gasteiger partial charge on any atom is -0.374 e. The first kappa shape index (κ1) is 18.4. The lowest BCUT2D eigenvalue weighted by Gasteiger charge is -2.25. The molecular weight excluding hydrogens is 340 g/mol. The monoisotopic (exact) mass is 370 g/mol. The minimum absolute atomic E-state index is 0.106. The number of para-hydroxylation sites is 2. The molecule has 1 aromatic heterocycles. The van der Waals surface area contributed by atoms with Gasteiger partial charge in [-0.3, -0.25) is 9.69 Å². The van der Waals surface area contributed by atoms with Gasteiger partial charge < -0.3 is 14.2 Å². The second-order valence-electron chi connectivity index (χ2n) is 8.28. The van der Waals surface area contributed by atoms with Gasteiger partial charge in [0.25, 0.3) is 0 Å². The van der Waals surface area contributed by atoms with E-state index in [1.165, 1.54) is 5.52 Å². The number of imidazole rings is 1. The number of fused-ring (bicyclic) bond motifs is 2. The summed E-state index contributed by atoms with van der Waals surface area (Å²) in [5.74, 6) is 1.96. The number of likely N-dealkylation sites (N-methyl/N-ethyl adjacent to an activating group) is 1. The average molecular weight is 370 g/mol. The first-order chi connectivity index (χ1) is 13.0. The van der Waals surface area contributed by atoms with Gasteiger partial charge in [0.15, 0.2) is 0 Å². The Bertz CT molecular complexity index is 816. The Balaban J connectivity index is 1.55. The van der Waals surface area contributed by atoms with E-state index in [2.05, 4.69) is 41.5 Å². The molecule has 2 fully saturated rings. The van der Waals surface area contributed by atoms with Gasteiger partial charge >= 0.3 is 0 Å². The van der Waals surface area contributed by atoms with Crippen molar-refractivity contribution in [3.05, 3.63) is 30.1 Å². The van der Waals surface area contributed by atoms with E-state index in [1.807, 2.05) is 18.0 Å². The van der Waals surface area contributed by atoms with E-state index in [-0.39, 0.29) is 18.1 Å². The van der Waals surface area contributed by atoms with Crippen LogP contribution in [0, 0.1) is 5.92 Å². The van der Waals surface area contributed by atoms with Crippen LogP contribution >= 0.6 is 0 Å². The summed E-state index contributed by atoms with van der Waals surface area (Å²) >= 11 is 0. The smallest absolute Gasteiger partial charge is 0.225 e. The second kappa shape index (κ2) is 7.60. The molecular formula is C21H30N4O2. The molecule has 2 atom stereocenters. The van der Waals surface area contributed by atoms with Gasteiger partial charge in [-0.1, -0.05) is 26.0 Å². The van der Waals surface area contributed by atoms with Gasteiger partial charge in [0.2, 0.25) is 5.91 Å². The number of carbonyl (C=O) groups is 1. The molecule has 0 bridgehead atoms. The standard InChI is InChI=1S/C21H30N4O2/c1-15(2)8-10-25-17-7-5-4-6-16(17)22-20(25)14-24-12-18-19(13-24)27-11-9-21(26)23(18)3/h4-7,15,18-19H,8-14H2,1-3H3/t18-,19-/m0/s1. The second-order valence-corrected chi connectivity index (χ2v) is 8.28. The molecule has 146 valence electrons. The Hall–Kier alpha value is -1.92. The number of benzene rings is 1. The van der Waals surface area contributed by atoms with Crippen molar-refractivity contribution < 1.29 is 9.53 Å². The van der Waals surface area contributed by atoms with Crippen molar-refractivity contribution >= 4 is 16.9 Å². The molecule has 0 unspecified atom stereocenters. The number of hydrogen-bond donors (Lipinski definition) is 0. The molecule has 2 aliphatic heterocycles. The summed E-state index contributed by atoms with van der Waals surface area (Å²) in [5, 5.41) is 0. The van der Waals surface area contributed by atoms with Gasteiger partial charge in [-0.05, 0) is 24.5 Å². The number of rotatable bonds is 5. The van der Waals surface area contributed by atoms with E-state index in [0.29, 0.717) is 18.9 Å². The van der Waals surface area contributed by atoms with Gasteiger partial charge in [0.1, 0.15) is 5.82 Å². The van der Waals surface area contributed by atoms with Crippen molar-refractivity contribution in [2.45, 2.75) is 51.9 Å². The maximum atomic E-state index is 12.2. The molecule has 0 spiro atoms. The van der Waals surface area contributed by atoms with Crippen molar-refractivity contribution in [2.24, 2.45) is 5.92 Å². The van der Waals surface area contributed by atoms with Crippen LogP contribution in [0.2, 0.25) is 0 Å². The highest BCUT2D eigenvalue weighted by Crippen LogP contribution is 2.25. The van der Waals surface area contributed by atoms with E-state index in [4.69, 9.17) is 9.72 Å². The number of amides is 1. The first-order valence-corrected chi connectivity index (χ1v) is 10.1. The molecule has 6 nitrogen and oxygen atoms in total. The molecule has 1 amide bonds. The maximum absolute atomic E-state index is 12.2. The SMILES string of the molecule is CC(C)CCn1c(CN2C[C@@H]3OCCC(=O)N(C)[C@H]3C2)nc2ccccc21. The summed E-state index contributed by atoms with van der Waals surface area (Å²) in [6, 6.07) is 8.54. The molecule has 2 aliphatic rings. The van der Waals surface area contributed by atoms with Crippen molar-refractivity contribution in [1.82, 2.24) is 19.4 Å². The van der Waals surface area contributed by atoms with E-state index >= 15 is 0 Å². The minimum atomic E-state index is 0.106. The molecule has 4 rings (SSSR count). The highest BCUT2D eigenvalue weighted by molar-refractivity contribution is 5.77. The Morgan fingerprint density at radius 1 is 1.26 bits per heavy atom. The highest BCUT2D eigenvalue weighted by atomic mass is 16.5. The Morgan fingerprint density at radius 2 is 2.07 bits per heavy atom. The van der Waals surface area contributed by atoms with Crippen LogP contribution < -0.4 is 0 Å². The summed E-state index contributed by atoms with van der Waals surface area (Å²) in [5.41, 5.74) is 2.28. The molecule has 27 heavy (non-hydrogen) atoms. The average Bonchev–Trinajstić information content (AvgIpc) is 3.16. The van der Waals surface area contributed by atoms with Crippen LogP contribution in [0.25, 0.3) is 11.0 Å². The third-order valence-corrected chi connectivity index (χ3v) is 5.88. The molecule has 2 saturated heterocycles. The Morgan fingerprint density at radius 3 is 2.89 bits per heavy atom. The fourth-order valence-electron chi connectivity index (χ4n) is 4.24. The number of aromatic nitrogens is 2. The van der Waals surface area contributed by atoms with Crippen molar-refractivity contribution in [2.75, 3.05) is 26.7 Å². The van der Waals surface area contributed by atoms with Gasteiger partial charge in [-0.15, -0.1) is 0 Å². The lowest BCUT2D eigenvalue weighted by molar-refractivity contribution is -0.131. The number of hydrogen-bond acceptors (Lipinski definition) is 4. The van der Waals surface area contributed by atoms with Gasteiger partial charge in [0.05, 0.1) is 42.8 Å². The molecule has 0 N–H and O–H groups in total. The van der Waals surface area contributed by atoms with Crippen LogP contribution in [0.5, 0.6) is 0 Å². The zero-order valence-corrected chi connectivity index (χ0v) is 16.6. The molecule has 6 heteroatoms. The van der Waals surface area contributed by atoms with Gasteiger partial charge in [-0.25, -0.2) is 4.98 Å². The van der Waals surface area contributed by atoms with Crippen molar-refractivity contribution in [1.29, 1.82) is 0 Å². The van der Waals surface area contributed by atoms with Gasteiger partial charge in [0, 0.05) is 26.7 Å². The van der Waals surface area contributed by atoms with Crippen molar-refractivity contribution in [3.63, 3.8) is 0 Å². The molecule has 3 heterocycles. The summed E-state index contributed by atoms with van der Waals surface area (Å²) < 4.78 is 8.35. The summed E-state index contributed by atoms with van der Waals surface area (Å²) in [7, 11) is 1.91. The zero-order chi connectivity index (χ0) is 19.0. The molecule has 0 aliphatic carbocycles. The predicted molar refractivity (Wildman–Crippen MR) is 105 cm³/mol. The van der Waals surface area contributed by atoms with E-state index in [1.54, 1.807) is 0 Å². The highest BCUT2D eigenvalue weighted by Gasteiger charge is 2.40. The topological polar surface area (TPSA) is 50.6 Å². The van der Waals surface area contributed by atoms with E-state index in [9.17, 15) is 4.79 Å². The number of nitrogens with zero attached hydrogens (tertiary/aromatic N) is 4. The van der Waals surface area contributed by atoms with Crippen LogP contribution in [0.3, 0.4) is 0 Å². The van der Waals surface area contributed by atoms with Crippen LogP contribution in [0.15, 0.2) is 24.3 Å². The fraction of sp³-hybridized carbons (Fsp3) is 0.619. The molecule has 0 saturated carbocycles. The fourth-order valence-corrected chi connectivity index (χ4v) is 4.24. The Labute approximate surface area is 161 Å². The van der Waals surface area contributed by atoms with Gasteiger partial charge in [-0.2, -0.15) is 0 Å². The number of aryl methyl sites for hydroxylation is 1. The van der Waals surface area contributed by atoms with E-state index in [0.717, 1.165) is 43.9 Å². The normalized spacial score (nSPS) is 24.0. The lowest BCUT2D eigenvalue weighted by Crippen LogP contribution is -2.42. The van der Waals surface area contributed by atoms with Crippen LogP contribution in [-0.4, -0.2) is 64.1 Å². The van der Waals surface area contributed by atoms with Crippen LogP contribution in [0.1, 0.15) is 32.5 Å². The lowest BCUT2D eigenvalue weighted by atomic mass is 10.1. The van der Waals surface area contributed by atoms with Crippen molar-refractivity contribution in [3.8, 4) is 0 Å². The molecule has 2 aromatic rings. The summed E-state index contributed by atoms with van der Waals surface area (Å²) in [6.07, 6.45) is 1.74. The number of ether oxygens (including phenoxy) is 1. The van der Waals surface area contributed by atoms with E-state index < -0.39 is 0 Å². The third-order valence-electron chi connectivity index (χ3n) is 5.88. The predicted octanol–water partition coefficient (Wildman–Crippen LogP) is 2.51.